The molecule has 0 fully saturated rings. The van der Waals surface area contributed by atoms with Crippen LogP contribution in [0, 0.1) is 5.95 Å². The number of nitrogens with two attached hydrogens (primary N) is 1. The molecule has 2 N–H and O–H groups in total. The van der Waals surface area contributed by atoms with E-state index >= 15 is 0 Å². The van der Waals surface area contributed by atoms with E-state index in [1.807, 2.05) is 0 Å². The third kappa shape index (κ3) is 1.22. The summed E-state index contributed by atoms with van der Waals surface area (Å²) in [6.07, 6.45) is 1.54. The number of halogens is 1. The molecule has 0 aliphatic carbocycles. The number of ether oxygens (including phenoxy) is 1. The monoisotopic (exact) mass is 193 g/mol. The molecule has 0 saturated carbocycles. The summed E-state index contributed by atoms with van der Waals surface area (Å²) in [6.45, 7) is 0. The number of hydrogen-bond acceptors (Lipinski definition) is 4. The minimum atomic E-state index is -0.681. The van der Waals surface area contributed by atoms with E-state index in [0.29, 0.717) is 10.9 Å². The fraction of sp³-hybridized carbons (Fsp3) is 0.111. The summed E-state index contributed by atoms with van der Waals surface area (Å²) in [6, 6.07) is 3.23. The molecule has 2 aromatic heterocycles. The van der Waals surface area contributed by atoms with Gasteiger partial charge in [-0.3, -0.25) is 0 Å². The highest BCUT2D eigenvalue weighted by Crippen LogP contribution is 2.23. The lowest BCUT2D eigenvalue weighted by atomic mass is 10.2. The number of nitrogen functional groups attached to an aromatic ring is 1. The van der Waals surface area contributed by atoms with Crippen LogP contribution in [0.25, 0.3) is 10.9 Å². The van der Waals surface area contributed by atoms with Crippen LogP contribution in [0.15, 0.2) is 18.3 Å². The third-order valence-corrected chi connectivity index (χ3v) is 1.90. The van der Waals surface area contributed by atoms with Gasteiger partial charge < -0.3 is 10.5 Å². The molecule has 5 heteroatoms. The molecule has 0 aromatic carbocycles. The smallest absolute Gasteiger partial charge is 0.255 e. The zero-order valence-corrected chi connectivity index (χ0v) is 7.49. The second kappa shape index (κ2) is 3.10. The molecule has 0 unspecified atom stereocenters. The normalized spacial score (nSPS) is 10.4. The molecule has 0 radical (unpaired) electrons. The summed E-state index contributed by atoms with van der Waals surface area (Å²) in [5, 5.41) is 0.704. The Bertz CT molecular complexity index is 487. The number of pyridine rings is 2. The van der Waals surface area contributed by atoms with Gasteiger partial charge in [0.1, 0.15) is 11.3 Å². The molecule has 2 aromatic rings. The van der Waals surface area contributed by atoms with Crippen molar-refractivity contribution in [3.05, 3.63) is 24.3 Å². The first kappa shape index (κ1) is 8.68. The molecule has 0 bridgehead atoms. The summed E-state index contributed by atoms with van der Waals surface area (Å²) < 4.78 is 18.0. The predicted octanol–water partition coefficient (Wildman–Crippen LogP) is 1.36. The third-order valence-electron chi connectivity index (χ3n) is 1.90. The largest absolute Gasteiger partial charge is 0.492 e. The molecule has 0 spiro atoms. The number of methoxy groups -OCH3 is 1. The Morgan fingerprint density at radius 2 is 2.29 bits per heavy atom. The minimum Gasteiger partial charge on any atom is -0.492 e. The Morgan fingerprint density at radius 1 is 1.50 bits per heavy atom. The van der Waals surface area contributed by atoms with Crippen molar-refractivity contribution >= 4 is 16.7 Å². The van der Waals surface area contributed by atoms with E-state index in [9.17, 15) is 4.39 Å². The maximum Gasteiger partial charge on any atom is 0.255 e. The lowest BCUT2D eigenvalue weighted by molar-refractivity contribution is 0.379. The van der Waals surface area contributed by atoms with Crippen molar-refractivity contribution < 1.29 is 9.13 Å². The Balaban J connectivity index is 2.79. The number of rotatable bonds is 1. The van der Waals surface area contributed by atoms with E-state index in [2.05, 4.69) is 9.97 Å². The van der Waals surface area contributed by atoms with Crippen LogP contribution >= 0.6 is 0 Å². The quantitative estimate of drug-likeness (QED) is 0.694. The average Bonchev–Trinajstić information content (AvgIpc) is 2.19. The van der Waals surface area contributed by atoms with Gasteiger partial charge in [0.05, 0.1) is 7.11 Å². The SMILES string of the molecule is COc1cc2ccnc(N)c2nc1F. The fourth-order valence-corrected chi connectivity index (χ4v) is 1.22. The van der Waals surface area contributed by atoms with E-state index < -0.39 is 5.95 Å². The van der Waals surface area contributed by atoms with Gasteiger partial charge >= 0.3 is 0 Å². The lowest BCUT2D eigenvalue weighted by Gasteiger charge is -2.04. The topological polar surface area (TPSA) is 61.0 Å². The first-order valence-corrected chi connectivity index (χ1v) is 3.97. The van der Waals surface area contributed by atoms with Crippen LogP contribution in [-0.4, -0.2) is 17.1 Å². The Kier molecular flexibility index (Phi) is 1.92. The summed E-state index contributed by atoms with van der Waals surface area (Å²) in [5.41, 5.74) is 5.89. The Morgan fingerprint density at radius 3 is 3.00 bits per heavy atom. The van der Waals surface area contributed by atoms with E-state index in [0.717, 1.165) is 0 Å². The van der Waals surface area contributed by atoms with Crippen LogP contribution in [0.5, 0.6) is 5.75 Å². The first-order valence-electron chi connectivity index (χ1n) is 3.97. The van der Waals surface area contributed by atoms with Gasteiger partial charge in [-0.05, 0) is 12.1 Å². The Labute approximate surface area is 79.5 Å². The number of aromatic nitrogens is 2. The van der Waals surface area contributed by atoms with Crippen LogP contribution in [-0.2, 0) is 0 Å². The van der Waals surface area contributed by atoms with E-state index in [4.69, 9.17) is 10.5 Å². The van der Waals surface area contributed by atoms with Crippen molar-refractivity contribution in [2.75, 3.05) is 12.8 Å². The summed E-state index contributed by atoms with van der Waals surface area (Å²) in [4.78, 5) is 7.48. The molecule has 72 valence electrons. The van der Waals surface area contributed by atoms with Crippen LogP contribution in [0.2, 0.25) is 0 Å². The molecule has 0 atom stereocenters. The maximum absolute atomic E-state index is 13.2. The van der Waals surface area contributed by atoms with Crippen molar-refractivity contribution in [3.8, 4) is 5.75 Å². The van der Waals surface area contributed by atoms with Crippen molar-refractivity contribution in [3.63, 3.8) is 0 Å². The van der Waals surface area contributed by atoms with Crippen LogP contribution in [0.1, 0.15) is 0 Å². The molecule has 0 aliphatic rings. The van der Waals surface area contributed by atoms with Gasteiger partial charge in [-0.1, -0.05) is 0 Å². The zero-order valence-electron chi connectivity index (χ0n) is 7.49. The van der Waals surface area contributed by atoms with Crippen LogP contribution < -0.4 is 10.5 Å². The predicted molar refractivity (Wildman–Crippen MR) is 50.5 cm³/mol. The van der Waals surface area contributed by atoms with Gasteiger partial charge in [-0.15, -0.1) is 0 Å². The molecule has 0 saturated heterocycles. The first-order chi connectivity index (χ1) is 6.72. The van der Waals surface area contributed by atoms with Gasteiger partial charge in [0, 0.05) is 11.6 Å². The second-order valence-electron chi connectivity index (χ2n) is 2.75. The highest BCUT2D eigenvalue weighted by molar-refractivity contribution is 5.87. The number of nitrogens with zero attached hydrogens (tertiary/aromatic N) is 2. The van der Waals surface area contributed by atoms with Gasteiger partial charge in [0.15, 0.2) is 5.75 Å². The second-order valence-corrected chi connectivity index (χ2v) is 2.75. The van der Waals surface area contributed by atoms with Crippen LogP contribution in [0.3, 0.4) is 0 Å². The van der Waals surface area contributed by atoms with Gasteiger partial charge in [-0.2, -0.15) is 4.39 Å². The summed E-state index contributed by atoms with van der Waals surface area (Å²) in [7, 11) is 1.39. The van der Waals surface area contributed by atoms with Crippen molar-refractivity contribution in [1.29, 1.82) is 0 Å². The van der Waals surface area contributed by atoms with Gasteiger partial charge in [0.2, 0.25) is 0 Å². The van der Waals surface area contributed by atoms with Crippen molar-refractivity contribution in [1.82, 2.24) is 9.97 Å². The zero-order chi connectivity index (χ0) is 10.1. The van der Waals surface area contributed by atoms with E-state index in [1.54, 1.807) is 6.07 Å². The number of hydrogen-bond donors (Lipinski definition) is 1. The molecular formula is C9H8FN3O. The molecular weight excluding hydrogens is 185 g/mol. The Hall–Kier alpha value is -1.91. The lowest BCUT2D eigenvalue weighted by Crippen LogP contribution is -1.97. The molecule has 2 rings (SSSR count). The van der Waals surface area contributed by atoms with Crippen molar-refractivity contribution in [2.45, 2.75) is 0 Å². The van der Waals surface area contributed by atoms with Crippen molar-refractivity contribution in [2.24, 2.45) is 0 Å². The molecule has 14 heavy (non-hydrogen) atoms. The average molecular weight is 193 g/mol. The van der Waals surface area contributed by atoms with Gasteiger partial charge in [-0.25, -0.2) is 9.97 Å². The standard InChI is InChI=1S/C9H8FN3O/c1-14-6-4-5-2-3-12-9(11)7(5)13-8(6)10/h2-4H,1H3,(H2,11,12). The summed E-state index contributed by atoms with van der Waals surface area (Å²) >= 11 is 0. The van der Waals surface area contributed by atoms with E-state index in [1.165, 1.54) is 19.4 Å². The van der Waals surface area contributed by atoms with E-state index in [-0.39, 0.29) is 11.6 Å². The molecule has 0 aliphatic heterocycles. The fourth-order valence-electron chi connectivity index (χ4n) is 1.22. The van der Waals surface area contributed by atoms with Gasteiger partial charge in [0.25, 0.3) is 5.95 Å². The minimum absolute atomic E-state index is 0.100. The molecule has 0 amide bonds. The number of fused-ring (bicyclic) bond motifs is 1. The summed E-state index contributed by atoms with van der Waals surface area (Å²) in [5.74, 6) is -0.369. The highest BCUT2D eigenvalue weighted by atomic mass is 19.1. The molecule has 2 heterocycles. The number of anilines is 1. The highest BCUT2D eigenvalue weighted by Gasteiger charge is 2.08. The van der Waals surface area contributed by atoms with Crippen LogP contribution in [0.4, 0.5) is 10.2 Å². The molecule has 4 nitrogen and oxygen atoms in total. The maximum atomic E-state index is 13.2.